The molecular weight excluding hydrogens is 296 g/mol. The zero-order valence-electron chi connectivity index (χ0n) is 13.5. The summed E-state index contributed by atoms with van der Waals surface area (Å²) in [5.41, 5.74) is 1.33. The number of rotatable bonds is 7. The van der Waals surface area contributed by atoms with Crippen molar-refractivity contribution in [2.24, 2.45) is 0 Å². The van der Waals surface area contributed by atoms with Crippen molar-refractivity contribution in [2.75, 3.05) is 44.8 Å². The van der Waals surface area contributed by atoms with Crippen molar-refractivity contribution in [3.8, 4) is 0 Å². The molecule has 2 amide bonds. The van der Waals surface area contributed by atoms with Gasteiger partial charge in [0.2, 0.25) is 5.91 Å². The van der Waals surface area contributed by atoms with Crippen molar-refractivity contribution in [2.45, 2.75) is 19.8 Å². The summed E-state index contributed by atoms with van der Waals surface area (Å²) in [7, 11) is 0. The molecule has 0 atom stereocenters. The monoisotopic (exact) mass is 320 g/mol. The number of hydrogen-bond acceptors (Lipinski definition) is 4. The maximum Gasteiger partial charge on any atom is 0.254 e. The second kappa shape index (κ2) is 9.27. The summed E-state index contributed by atoms with van der Waals surface area (Å²) in [6, 6.07) is 7.00. The summed E-state index contributed by atoms with van der Waals surface area (Å²) >= 11 is 0. The van der Waals surface area contributed by atoms with Gasteiger partial charge in [-0.05, 0) is 37.6 Å². The Hall–Kier alpha value is -1.92. The Labute approximate surface area is 136 Å². The number of amides is 2. The number of carbonyl (C=O) groups excluding carboxylic acids is 2. The van der Waals surface area contributed by atoms with Gasteiger partial charge in [-0.2, -0.15) is 0 Å². The van der Waals surface area contributed by atoms with Crippen LogP contribution in [0.1, 0.15) is 30.1 Å². The number of nitrogens with one attached hydrogen (secondary N) is 1. The van der Waals surface area contributed by atoms with Crippen molar-refractivity contribution in [3.05, 3.63) is 29.8 Å². The smallest absolute Gasteiger partial charge is 0.254 e. The molecule has 0 aromatic heterocycles. The highest BCUT2D eigenvalue weighted by atomic mass is 16.5. The van der Waals surface area contributed by atoms with Gasteiger partial charge in [0.15, 0.2) is 0 Å². The number of nitrogens with zero attached hydrogens (tertiary/aromatic N) is 1. The van der Waals surface area contributed by atoms with Crippen molar-refractivity contribution >= 4 is 17.5 Å². The average molecular weight is 320 g/mol. The largest absolute Gasteiger partial charge is 0.382 e. The van der Waals surface area contributed by atoms with E-state index >= 15 is 0 Å². The number of anilines is 1. The van der Waals surface area contributed by atoms with Gasteiger partial charge in [-0.1, -0.05) is 0 Å². The quantitative estimate of drug-likeness (QED) is 0.779. The summed E-state index contributed by atoms with van der Waals surface area (Å²) in [6.07, 6.45) is 1.13. The molecule has 1 aliphatic heterocycles. The van der Waals surface area contributed by atoms with Crippen LogP contribution in [-0.2, 0) is 14.3 Å². The molecule has 1 aromatic carbocycles. The number of morpholine rings is 1. The van der Waals surface area contributed by atoms with E-state index in [4.69, 9.17) is 9.47 Å². The third kappa shape index (κ3) is 5.65. The van der Waals surface area contributed by atoms with E-state index in [0.29, 0.717) is 63.6 Å². The second-order valence-corrected chi connectivity index (χ2v) is 5.33. The van der Waals surface area contributed by atoms with E-state index < -0.39 is 0 Å². The number of ether oxygens (including phenoxy) is 2. The molecule has 0 spiro atoms. The first kappa shape index (κ1) is 17.4. The van der Waals surface area contributed by atoms with E-state index in [0.717, 1.165) is 0 Å². The molecule has 0 bridgehead atoms. The summed E-state index contributed by atoms with van der Waals surface area (Å²) in [5.74, 6) is -0.0418. The van der Waals surface area contributed by atoms with E-state index in [1.165, 1.54) is 0 Å². The normalized spacial score (nSPS) is 14.6. The molecule has 0 saturated carbocycles. The van der Waals surface area contributed by atoms with E-state index in [-0.39, 0.29) is 11.8 Å². The molecule has 2 rings (SSSR count). The molecule has 1 heterocycles. The zero-order valence-corrected chi connectivity index (χ0v) is 13.5. The summed E-state index contributed by atoms with van der Waals surface area (Å²) in [5, 5.41) is 2.83. The highest BCUT2D eigenvalue weighted by Crippen LogP contribution is 2.13. The highest BCUT2D eigenvalue weighted by molar-refractivity contribution is 5.95. The second-order valence-electron chi connectivity index (χ2n) is 5.33. The maximum absolute atomic E-state index is 12.3. The lowest BCUT2D eigenvalue weighted by Gasteiger charge is -2.26. The first-order valence-electron chi connectivity index (χ1n) is 8.05. The van der Waals surface area contributed by atoms with Crippen LogP contribution in [0.4, 0.5) is 5.69 Å². The predicted octanol–water partition coefficient (Wildman–Crippen LogP) is 1.91. The molecule has 1 aromatic rings. The molecule has 0 radical (unpaired) electrons. The third-order valence-corrected chi connectivity index (χ3v) is 3.61. The molecule has 0 aliphatic carbocycles. The van der Waals surface area contributed by atoms with Crippen LogP contribution in [0.2, 0.25) is 0 Å². The van der Waals surface area contributed by atoms with Crippen molar-refractivity contribution < 1.29 is 19.1 Å². The van der Waals surface area contributed by atoms with Crippen LogP contribution in [0.3, 0.4) is 0 Å². The van der Waals surface area contributed by atoms with Crippen LogP contribution >= 0.6 is 0 Å². The van der Waals surface area contributed by atoms with Gasteiger partial charge in [0, 0.05) is 44.0 Å². The number of carbonyl (C=O) groups is 2. The molecule has 6 heteroatoms. The van der Waals surface area contributed by atoms with Gasteiger partial charge in [-0.3, -0.25) is 9.59 Å². The van der Waals surface area contributed by atoms with Gasteiger partial charge in [-0.25, -0.2) is 0 Å². The molecule has 1 saturated heterocycles. The van der Waals surface area contributed by atoms with Crippen LogP contribution < -0.4 is 5.32 Å². The van der Waals surface area contributed by atoms with Crippen molar-refractivity contribution in [3.63, 3.8) is 0 Å². The minimum absolute atomic E-state index is 0.00268. The molecule has 126 valence electrons. The summed E-state index contributed by atoms with van der Waals surface area (Å²) < 4.78 is 10.4. The zero-order chi connectivity index (χ0) is 16.5. The van der Waals surface area contributed by atoms with Gasteiger partial charge >= 0.3 is 0 Å². The molecule has 1 fully saturated rings. The van der Waals surface area contributed by atoms with E-state index in [9.17, 15) is 9.59 Å². The first-order valence-corrected chi connectivity index (χ1v) is 8.05. The van der Waals surface area contributed by atoms with Gasteiger partial charge < -0.3 is 19.7 Å². The molecular formula is C17H24N2O4. The Balaban J connectivity index is 1.81. The Morgan fingerprint density at radius 3 is 2.57 bits per heavy atom. The SMILES string of the molecule is CCOCCCC(=O)Nc1ccc(C(=O)N2CCOCC2)cc1. The molecule has 6 nitrogen and oxygen atoms in total. The van der Waals surface area contributed by atoms with Crippen molar-refractivity contribution in [1.82, 2.24) is 4.90 Å². The fourth-order valence-electron chi connectivity index (χ4n) is 2.35. The minimum atomic E-state index is -0.0445. The van der Waals surface area contributed by atoms with Crippen LogP contribution in [0.15, 0.2) is 24.3 Å². The standard InChI is InChI=1S/C17H24N2O4/c1-2-22-11-3-4-16(20)18-15-7-5-14(6-8-15)17(21)19-9-12-23-13-10-19/h5-8H,2-4,9-13H2,1H3,(H,18,20). The lowest BCUT2D eigenvalue weighted by atomic mass is 10.1. The number of benzene rings is 1. The Morgan fingerprint density at radius 2 is 1.91 bits per heavy atom. The van der Waals surface area contributed by atoms with Crippen molar-refractivity contribution in [1.29, 1.82) is 0 Å². The lowest BCUT2D eigenvalue weighted by Crippen LogP contribution is -2.40. The van der Waals surface area contributed by atoms with E-state index in [1.807, 2.05) is 6.92 Å². The summed E-state index contributed by atoms with van der Waals surface area (Å²) in [4.78, 5) is 25.9. The molecule has 1 aliphatic rings. The molecule has 1 N–H and O–H groups in total. The van der Waals surface area contributed by atoms with E-state index in [1.54, 1.807) is 29.2 Å². The summed E-state index contributed by atoms with van der Waals surface area (Å²) in [6.45, 7) is 5.61. The van der Waals surface area contributed by atoms with Crippen LogP contribution in [0.5, 0.6) is 0 Å². The van der Waals surface area contributed by atoms with Gasteiger partial charge in [0.25, 0.3) is 5.91 Å². The highest BCUT2D eigenvalue weighted by Gasteiger charge is 2.18. The molecule has 23 heavy (non-hydrogen) atoms. The fraction of sp³-hybridized carbons (Fsp3) is 0.529. The van der Waals surface area contributed by atoms with Crippen LogP contribution in [0, 0.1) is 0 Å². The number of hydrogen-bond donors (Lipinski definition) is 1. The van der Waals surface area contributed by atoms with Gasteiger partial charge in [0.05, 0.1) is 13.2 Å². The Morgan fingerprint density at radius 1 is 1.22 bits per heavy atom. The average Bonchev–Trinajstić information content (AvgIpc) is 2.59. The first-order chi connectivity index (χ1) is 11.2. The minimum Gasteiger partial charge on any atom is -0.382 e. The predicted molar refractivity (Wildman–Crippen MR) is 87.5 cm³/mol. The molecule has 0 unspecified atom stereocenters. The van der Waals surface area contributed by atoms with Gasteiger partial charge in [-0.15, -0.1) is 0 Å². The Kier molecular flexibility index (Phi) is 7.03. The topological polar surface area (TPSA) is 67.9 Å². The lowest BCUT2D eigenvalue weighted by molar-refractivity contribution is -0.116. The van der Waals surface area contributed by atoms with Gasteiger partial charge in [0.1, 0.15) is 0 Å². The van der Waals surface area contributed by atoms with Crippen LogP contribution in [0.25, 0.3) is 0 Å². The third-order valence-electron chi connectivity index (χ3n) is 3.61. The Bertz CT molecular complexity index is 510. The van der Waals surface area contributed by atoms with E-state index in [2.05, 4.69) is 5.32 Å². The fourth-order valence-corrected chi connectivity index (χ4v) is 2.35. The van der Waals surface area contributed by atoms with Crippen LogP contribution in [-0.4, -0.2) is 56.2 Å². The maximum atomic E-state index is 12.3.